The molecule has 2 heterocycles. The van der Waals surface area contributed by atoms with Crippen molar-refractivity contribution in [2.24, 2.45) is 28.2 Å². The minimum Gasteiger partial charge on any atom is -0.341 e. The average Bonchev–Trinajstić information content (AvgIpc) is 2.84. The van der Waals surface area contributed by atoms with Gasteiger partial charge in [0.25, 0.3) is 11.1 Å². The molecule has 0 unspecified atom stereocenters. The molecule has 0 spiro atoms. The Hall–Kier alpha value is -4.60. The molecule has 0 aliphatic carbocycles. The molecule has 0 saturated carbocycles. The fraction of sp³-hybridized carbons (Fsp3) is 0.167. The summed E-state index contributed by atoms with van der Waals surface area (Å²) in [5, 5.41) is 6.20. The highest BCUT2D eigenvalue weighted by atomic mass is 16.2. The Morgan fingerprint density at radius 2 is 0.824 bits per heavy atom. The lowest BCUT2D eigenvalue weighted by molar-refractivity contribution is 0.693. The second kappa shape index (κ2) is 8.74. The highest BCUT2D eigenvalue weighted by Crippen LogP contribution is 2.25. The molecule has 0 amide bonds. The van der Waals surface area contributed by atoms with E-state index in [-0.39, 0.29) is 11.1 Å². The van der Waals surface area contributed by atoms with E-state index in [0.717, 1.165) is 31.6 Å². The monoisotopic (exact) mass is 460 g/mol. The maximum Gasteiger partial charge on any atom is 0.332 e. The van der Waals surface area contributed by atoms with Gasteiger partial charge in [-0.15, -0.1) is 0 Å². The summed E-state index contributed by atoms with van der Waals surface area (Å²) in [5.41, 5.74) is 1.83. The van der Waals surface area contributed by atoms with Gasteiger partial charge >= 0.3 is 11.4 Å². The van der Waals surface area contributed by atoms with Crippen LogP contribution in [0.1, 0.15) is 0 Å². The number of rotatable bonds is 5. The predicted octanol–water partition coefficient (Wildman–Crippen LogP) is 1.64. The zero-order valence-corrected chi connectivity index (χ0v) is 19.2. The molecule has 0 fully saturated rings. The lowest BCUT2D eigenvalue weighted by Gasteiger charge is -2.13. The summed E-state index contributed by atoms with van der Waals surface area (Å²) in [6, 6.07) is 17.9. The Bertz CT molecular complexity index is 1480. The zero-order valence-electron chi connectivity index (χ0n) is 19.2. The Kier molecular flexibility index (Phi) is 5.80. The van der Waals surface area contributed by atoms with Crippen molar-refractivity contribution in [3.05, 3.63) is 102 Å². The first-order chi connectivity index (χ1) is 16.2. The molecule has 10 heteroatoms. The molecule has 2 N–H and O–H groups in total. The molecule has 4 rings (SSSR count). The largest absolute Gasteiger partial charge is 0.341 e. The maximum absolute atomic E-state index is 12.1. The van der Waals surface area contributed by atoms with Crippen LogP contribution in [0.4, 0.5) is 23.0 Å². The average molecular weight is 460 g/mol. The van der Waals surface area contributed by atoms with Crippen molar-refractivity contribution in [1.82, 2.24) is 18.3 Å². The van der Waals surface area contributed by atoms with Crippen LogP contribution < -0.4 is 33.1 Å². The van der Waals surface area contributed by atoms with Crippen LogP contribution in [0.15, 0.2) is 79.8 Å². The lowest BCUT2D eigenvalue weighted by atomic mass is 10.0. The van der Waals surface area contributed by atoms with Gasteiger partial charge in [0.15, 0.2) is 0 Å². The number of aromatic nitrogens is 4. The van der Waals surface area contributed by atoms with Crippen molar-refractivity contribution in [1.29, 1.82) is 0 Å². The van der Waals surface area contributed by atoms with Gasteiger partial charge in [0, 0.05) is 51.7 Å². The van der Waals surface area contributed by atoms with Gasteiger partial charge in [0.1, 0.15) is 11.6 Å². The Balaban J connectivity index is 1.52. The number of anilines is 4. The van der Waals surface area contributed by atoms with E-state index in [1.807, 2.05) is 48.5 Å². The van der Waals surface area contributed by atoms with Crippen LogP contribution in [0.25, 0.3) is 11.1 Å². The third-order valence-corrected chi connectivity index (χ3v) is 5.70. The molecular formula is C24H24N6O4. The molecule has 0 aliphatic heterocycles. The Morgan fingerprint density at radius 3 is 1.15 bits per heavy atom. The standard InChI is InChI=1S/C24H24N6O4/c1-27-19(13-21(31)29(3)23(27)33)25-17-9-5-15(6-10-17)16-7-11-18(12-8-16)26-20-14-22(32)30(4)24(34)28(20)2/h5-14,25-26H,1-4H3. The number of nitrogens with one attached hydrogen (secondary N) is 2. The number of hydrogen-bond donors (Lipinski definition) is 2. The topological polar surface area (TPSA) is 112 Å². The molecule has 174 valence electrons. The smallest absolute Gasteiger partial charge is 0.332 e. The fourth-order valence-corrected chi connectivity index (χ4v) is 3.49. The second-order valence-corrected chi connectivity index (χ2v) is 7.94. The summed E-state index contributed by atoms with van der Waals surface area (Å²) in [4.78, 5) is 48.0. The quantitative estimate of drug-likeness (QED) is 0.468. The van der Waals surface area contributed by atoms with E-state index in [1.54, 1.807) is 14.1 Å². The first-order valence-corrected chi connectivity index (χ1v) is 10.4. The third-order valence-electron chi connectivity index (χ3n) is 5.70. The van der Waals surface area contributed by atoms with Gasteiger partial charge in [-0.3, -0.25) is 27.9 Å². The second-order valence-electron chi connectivity index (χ2n) is 7.94. The summed E-state index contributed by atoms with van der Waals surface area (Å²) >= 11 is 0. The van der Waals surface area contributed by atoms with Gasteiger partial charge in [-0.1, -0.05) is 24.3 Å². The fourth-order valence-electron chi connectivity index (χ4n) is 3.49. The van der Waals surface area contributed by atoms with Crippen molar-refractivity contribution >= 4 is 23.0 Å². The number of nitrogens with zero attached hydrogens (tertiary/aromatic N) is 4. The SMILES string of the molecule is Cn1c(Nc2ccc(-c3ccc(Nc4cc(=O)n(C)c(=O)n4C)cc3)cc2)cc(=O)n(C)c1=O. The van der Waals surface area contributed by atoms with Crippen LogP contribution >= 0.6 is 0 Å². The van der Waals surface area contributed by atoms with Crippen molar-refractivity contribution in [3.63, 3.8) is 0 Å². The van der Waals surface area contributed by atoms with Crippen LogP contribution in [0.5, 0.6) is 0 Å². The molecule has 0 atom stereocenters. The molecule has 0 bridgehead atoms. The van der Waals surface area contributed by atoms with Gasteiger partial charge in [0.05, 0.1) is 0 Å². The molecule has 2 aromatic heterocycles. The maximum atomic E-state index is 12.1. The molecule has 0 saturated heterocycles. The zero-order chi connectivity index (χ0) is 24.6. The summed E-state index contributed by atoms with van der Waals surface area (Å²) < 4.78 is 4.84. The molecule has 0 aliphatic rings. The van der Waals surface area contributed by atoms with E-state index in [2.05, 4.69) is 10.6 Å². The molecular weight excluding hydrogens is 436 g/mol. The Morgan fingerprint density at radius 1 is 0.500 bits per heavy atom. The van der Waals surface area contributed by atoms with Crippen LogP contribution in [-0.4, -0.2) is 18.3 Å². The lowest BCUT2D eigenvalue weighted by Crippen LogP contribution is -2.37. The predicted molar refractivity (Wildman–Crippen MR) is 132 cm³/mol. The van der Waals surface area contributed by atoms with E-state index in [0.29, 0.717) is 11.6 Å². The highest BCUT2D eigenvalue weighted by molar-refractivity contribution is 5.70. The van der Waals surface area contributed by atoms with Crippen LogP contribution in [0, 0.1) is 0 Å². The summed E-state index contributed by atoms with van der Waals surface area (Å²) in [6.07, 6.45) is 0. The van der Waals surface area contributed by atoms with E-state index >= 15 is 0 Å². The third kappa shape index (κ3) is 4.20. The first-order valence-electron chi connectivity index (χ1n) is 10.4. The van der Waals surface area contributed by atoms with Gasteiger partial charge in [-0.05, 0) is 35.4 Å². The van der Waals surface area contributed by atoms with E-state index in [4.69, 9.17) is 0 Å². The molecule has 34 heavy (non-hydrogen) atoms. The van der Waals surface area contributed by atoms with Gasteiger partial charge < -0.3 is 10.6 Å². The van der Waals surface area contributed by atoms with Gasteiger partial charge in [-0.25, -0.2) is 9.59 Å². The van der Waals surface area contributed by atoms with E-state index < -0.39 is 11.4 Å². The number of benzene rings is 2. The molecule has 10 nitrogen and oxygen atoms in total. The summed E-state index contributed by atoms with van der Waals surface area (Å²) in [6.45, 7) is 0. The normalized spacial score (nSPS) is 10.8. The van der Waals surface area contributed by atoms with Crippen LogP contribution in [-0.2, 0) is 28.2 Å². The molecule has 2 aromatic carbocycles. The number of hydrogen-bond acceptors (Lipinski definition) is 6. The van der Waals surface area contributed by atoms with Gasteiger partial charge in [0.2, 0.25) is 0 Å². The van der Waals surface area contributed by atoms with Crippen molar-refractivity contribution in [2.75, 3.05) is 10.6 Å². The van der Waals surface area contributed by atoms with Crippen molar-refractivity contribution in [2.45, 2.75) is 0 Å². The first kappa shape index (κ1) is 22.6. The van der Waals surface area contributed by atoms with Crippen LogP contribution in [0.2, 0.25) is 0 Å². The Labute approximate surface area is 194 Å². The summed E-state index contributed by atoms with van der Waals surface area (Å²) in [7, 11) is 6.07. The van der Waals surface area contributed by atoms with Crippen molar-refractivity contribution < 1.29 is 0 Å². The van der Waals surface area contributed by atoms with Gasteiger partial charge in [-0.2, -0.15) is 0 Å². The molecule has 4 aromatic rings. The van der Waals surface area contributed by atoms with E-state index in [9.17, 15) is 19.2 Å². The molecule has 0 radical (unpaired) electrons. The van der Waals surface area contributed by atoms with Crippen molar-refractivity contribution in [3.8, 4) is 11.1 Å². The highest BCUT2D eigenvalue weighted by Gasteiger charge is 2.08. The van der Waals surface area contributed by atoms with E-state index in [1.165, 1.54) is 35.4 Å². The minimum absolute atomic E-state index is 0.383. The summed E-state index contributed by atoms with van der Waals surface area (Å²) in [5.74, 6) is 0.808. The van der Waals surface area contributed by atoms with Crippen LogP contribution in [0.3, 0.4) is 0 Å². The minimum atomic E-state index is -0.406.